The number of likely N-dealkylation sites (N-methyl/N-ethyl adjacent to an activating group) is 3. The number of nitrogens with one attached hydrogen (secondary N) is 1. The van der Waals surface area contributed by atoms with E-state index in [2.05, 4.69) is 80.5 Å². The van der Waals surface area contributed by atoms with E-state index >= 15 is 0 Å². The van der Waals surface area contributed by atoms with Gasteiger partial charge in [-0.2, -0.15) is 39.5 Å². The second-order valence-corrected chi connectivity index (χ2v) is 32.6. The molecular weight excluding hydrogens is 1650 g/mol. The minimum atomic E-state index is -4.56. The van der Waals surface area contributed by atoms with Gasteiger partial charge >= 0.3 is 18.5 Å². The Labute approximate surface area is 719 Å². The summed E-state index contributed by atoms with van der Waals surface area (Å²) in [6.07, 6.45) is -7.36. The van der Waals surface area contributed by atoms with Crippen LogP contribution in [0.3, 0.4) is 0 Å². The number of thiazole rings is 1. The van der Waals surface area contributed by atoms with Crippen molar-refractivity contribution in [3.63, 3.8) is 0 Å². The van der Waals surface area contributed by atoms with E-state index in [1.54, 1.807) is 117 Å². The second-order valence-electron chi connectivity index (χ2n) is 30.5. The van der Waals surface area contributed by atoms with Crippen LogP contribution in [0, 0.1) is 49.4 Å². The molecule has 7 N–H and O–H groups in total. The number of aromatic nitrogens is 5. The van der Waals surface area contributed by atoms with Gasteiger partial charge in [0.2, 0.25) is 0 Å². The van der Waals surface area contributed by atoms with Gasteiger partial charge in [0.05, 0.1) is 33.4 Å². The molecule has 3 aliphatic heterocycles. The number of amides is 1. The van der Waals surface area contributed by atoms with Gasteiger partial charge in [-0.1, -0.05) is 113 Å². The number of alkyl halides is 9. The molecule has 0 radical (unpaired) electrons. The molecule has 8 heterocycles. The zero-order valence-electron chi connectivity index (χ0n) is 67.6. The Bertz CT molecular complexity index is 6170. The summed E-state index contributed by atoms with van der Waals surface area (Å²) in [6.45, 7) is 13.3. The van der Waals surface area contributed by atoms with Crippen molar-refractivity contribution in [2.45, 2.75) is 64.9 Å². The Hall–Kier alpha value is -11.9. The van der Waals surface area contributed by atoms with Crippen LogP contribution in [0.4, 0.5) is 62.7 Å². The average Bonchev–Trinajstić information content (AvgIpc) is 1.03. The van der Waals surface area contributed by atoms with Crippen molar-refractivity contribution in [2.24, 2.45) is 0 Å². The van der Waals surface area contributed by atoms with Crippen LogP contribution in [0.1, 0.15) is 119 Å². The summed E-state index contributed by atoms with van der Waals surface area (Å²) >= 11 is 13.5. The van der Waals surface area contributed by atoms with Crippen molar-refractivity contribution >= 4 is 108 Å². The smallest absolute Gasteiger partial charge is 0.383 e. The van der Waals surface area contributed by atoms with Crippen molar-refractivity contribution < 1.29 is 53.9 Å². The summed E-state index contributed by atoms with van der Waals surface area (Å²) in [5.41, 5.74) is 22.5. The first-order valence-corrected chi connectivity index (χ1v) is 40.8. The minimum absolute atomic E-state index is 0.0476. The number of anilines is 4. The lowest BCUT2D eigenvalue weighted by Gasteiger charge is -2.33. The third-order valence-electron chi connectivity index (χ3n) is 21.5. The van der Waals surface area contributed by atoms with Crippen LogP contribution in [0.25, 0.3) is 32.4 Å². The fourth-order valence-electron chi connectivity index (χ4n) is 14.4. The first-order valence-electron chi connectivity index (χ1n) is 39.2. The Morgan fingerprint density at radius 3 is 1.41 bits per heavy atom. The maximum Gasteiger partial charge on any atom is 0.416 e. The van der Waals surface area contributed by atoms with Gasteiger partial charge in [0.15, 0.2) is 16.6 Å². The molecule has 0 bridgehead atoms. The monoisotopic (exact) mass is 1730 g/mol. The van der Waals surface area contributed by atoms with Crippen molar-refractivity contribution in [3.8, 4) is 35.5 Å². The quantitative estimate of drug-likeness (QED) is 0.0451. The summed E-state index contributed by atoms with van der Waals surface area (Å²) in [5.74, 6) is 18.0. The summed E-state index contributed by atoms with van der Waals surface area (Å²) in [5, 5.41) is 8.10. The molecule has 0 unspecified atom stereocenters. The van der Waals surface area contributed by atoms with E-state index in [4.69, 9.17) is 40.4 Å². The molecule has 7 aromatic carbocycles. The number of piperazine rings is 3. The third kappa shape index (κ3) is 22.9. The largest absolute Gasteiger partial charge is 0.416 e. The van der Waals surface area contributed by atoms with E-state index in [1.807, 2.05) is 61.0 Å². The molecule has 0 saturated carbocycles. The van der Waals surface area contributed by atoms with Gasteiger partial charge in [0.1, 0.15) is 28.7 Å². The number of rotatable bonds is 14. The maximum absolute atomic E-state index is 14.0. The number of hydrogen-bond donors (Lipinski definition) is 4. The molecular formula is C93H84Cl2F9N15O3S. The number of halogens is 11. The number of benzene rings is 7. The number of nitrogens with two attached hydrogens (primary N) is 3. The number of hydrogen-bond acceptors (Lipinski definition) is 18. The predicted molar refractivity (Wildman–Crippen MR) is 465 cm³/mol. The van der Waals surface area contributed by atoms with Gasteiger partial charge < -0.3 is 37.2 Å². The molecule has 3 saturated heterocycles. The van der Waals surface area contributed by atoms with Gasteiger partial charge in [-0.15, -0.1) is 11.3 Å². The average molecular weight is 1730 g/mol. The fraction of sp³-hybridized carbons (Fsp3) is 0.269. The van der Waals surface area contributed by atoms with Gasteiger partial charge in [-0.25, -0.2) is 19.9 Å². The van der Waals surface area contributed by atoms with Crippen molar-refractivity contribution in [1.82, 2.24) is 54.3 Å². The van der Waals surface area contributed by atoms with E-state index in [-0.39, 0.29) is 83.7 Å². The van der Waals surface area contributed by atoms with Gasteiger partial charge in [0, 0.05) is 206 Å². The van der Waals surface area contributed by atoms with Crippen LogP contribution in [-0.2, 0) is 51.0 Å². The number of aryl methyl sites for hydroxylation is 2. The highest BCUT2D eigenvalue weighted by Gasteiger charge is 2.38. The van der Waals surface area contributed by atoms with Crippen LogP contribution in [0.2, 0.25) is 10.0 Å². The third-order valence-corrected chi connectivity index (χ3v) is 22.9. The first kappa shape index (κ1) is 88.9. The number of Topliss-reactive ketones (excluding diaryl/α,β-unsaturated/α-hetero) is 2. The number of ketones is 2. The number of nitrogen functional groups attached to an aromatic ring is 3. The highest BCUT2D eigenvalue weighted by Crippen LogP contribution is 2.39. The summed E-state index contributed by atoms with van der Waals surface area (Å²) in [7, 11) is 6.00. The molecule has 3 fully saturated rings. The second kappa shape index (κ2) is 38.7. The lowest BCUT2D eigenvalue weighted by molar-refractivity contribution is -0.139. The van der Waals surface area contributed by atoms with E-state index in [0.717, 1.165) is 103 Å². The molecule has 5 aromatic heterocycles. The Balaban J connectivity index is 0.000000159. The van der Waals surface area contributed by atoms with E-state index in [1.165, 1.54) is 35.6 Å². The highest BCUT2D eigenvalue weighted by atomic mass is 35.5. The van der Waals surface area contributed by atoms with Crippen molar-refractivity contribution in [2.75, 3.05) is 122 Å². The fourth-order valence-corrected chi connectivity index (χ4v) is 15.6. The molecule has 3 aliphatic rings. The summed E-state index contributed by atoms with van der Waals surface area (Å²) in [6, 6.07) is 38.5. The molecule has 632 valence electrons. The van der Waals surface area contributed by atoms with Crippen molar-refractivity contribution in [3.05, 3.63) is 285 Å². The van der Waals surface area contributed by atoms with E-state index in [9.17, 15) is 53.9 Å². The van der Waals surface area contributed by atoms with Crippen LogP contribution in [0.15, 0.2) is 170 Å². The SMILES string of the molecule is CN1CCN(Cc2ccc(CC(=O)c3ccc(C#Cc4c(N)ncc5ccc(Cl)cc45)cc3)cc2C(F)(F)F)CC1.Cc1cc(C(=O)Cc2ccc(CN3CCN(C)CC3)c(C(F)(F)F)c2)ccc1C#Cc1c(N)ncc2ccc(Cl)cc12.Cc1sc(C#Cc2cnc(N)c3ncccc23)nc1C(=O)Nc1ccc(CN2CCN(C)CC2)c(C(F)(F)F)c1. The molecule has 0 aliphatic carbocycles. The normalized spacial score (nSPS) is 14.6. The molecule has 0 spiro atoms. The van der Waals surface area contributed by atoms with Crippen LogP contribution < -0.4 is 22.5 Å². The number of pyridine rings is 4. The Morgan fingerprint density at radius 1 is 0.463 bits per heavy atom. The molecule has 15 rings (SSSR count). The van der Waals surface area contributed by atoms with E-state index < -0.39 is 41.1 Å². The number of nitrogens with zero attached hydrogens (tertiary/aromatic N) is 11. The van der Waals surface area contributed by atoms with Crippen molar-refractivity contribution in [1.29, 1.82) is 0 Å². The van der Waals surface area contributed by atoms with Crippen LogP contribution >= 0.6 is 34.5 Å². The van der Waals surface area contributed by atoms with Crippen LogP contribution in [0.5, 0.6) is 0 Å². The highest BCUT2D eigenvalue weighted by molar-refractivity contribution is 7.12. The summed E-state index contributed by atoms with van der Waals surface area (Å²) in [4.78, 5) is 73.3. The molecule has 1 amide bonds. The molecule has 30 heteroatoms. The van der Waals surface area contributed by atoms with E-state index in [0.29, 0.717) is 108 Å². The van der Waals surface area contributed by atoms with Gasteiger partial charge in [-0.3, -0.25) is 34.1 Å². The van der Waals surface area contributed by atoms with Gasteiger partial charge in [-0.05, 0) is 159 Å². The lowest BCUT2D eigenvalue weighted by atomic mass is 9.96. The standard InChI is InChI=1S/C33H30ClF3N4O.C32H28ClF3N4O.C28H26F3N7OS/c1-21-15-24(6-5-23(21)8-10-28-29-18-27(34)9-7-25(29)19-39-32(28)38)31(42)17-22-3-4-26(30(16-22)33(35,36)37)20-41-13-11-40(2)12-14-41;1-39-12-14-40(15-13-39)20-25-8-4-22(16-29(25)32(34,35)36)17-30(41)23-6-2-21(3-7-23)5-11-27-28-18-26(33)10-9-24(28)19-38-31(27)37;1-17-24(36-23(40-17)8-6-18-15-34-26(32)25-21(18)4-3-9-33-25)27(39)35-20-7-5-19(22(14-20)28(29,30)31)16-38-12-10-37(2)11-13-38/h3-7,9,15-16,18-19H,11-14,17,20H2,1-2H3,(H2,38,39);2-4,6-10,16,18-19H,12-15,17,20H2,1H3,(H2,37,38);3-5,7,9,14-15H,10-13,16H2,1-2H3,(H2,32,34)(H,35,39). The maximum atomic E-state index is 14.0. The molecule has 12 aromatic rings. The molecule has 0 atom stereocenters. The lowest BCUT2D eigenvalue weighted by Crippen LogP contribution is -2.44. The summed E-state index contributed by atoms with van der Waals surface area (Å²) < 4.78 is 126. The predicted octanol–water partition coefficient (Wildman–Crippen LogP) is 16.8. The zero-order chi connectivity index (χ0) is 87.6. The Kier molecular flexibility index (Phi) is 28.0. The number of carbonyl (C=O) groups is 3. The van der Waals surface area contributed by atoms with Crippen LogP contribution in [-0.4, -0.2) is 171 Å². The first-order chi connectivity index (χ1) is 58.6. The molecule has 123 heavy (non-hydrogen) atoms. The Morgan fingerprint density at radius 2 is 0.919 bits per heavy atom. The topological polar surface area (TPSA) is 225 Å². The minimum Gasteiger partial charge on any atom is -0.383 e. The number of carbonyl (C=O) groups excluding carboxylic acids is 3. The molecule has 18 nitrogen and oxygen atoms in total. The number of fused-ring (bicyclic) bond motifs is 3. The zero-order valence-corrected chi connectivity index (χ0v) is 70.0. The van der Waals surface area contributed by atoms with Gasteiger partial charge in [0.25, 0.3) is 5.91 Å².